The molecule has 1 aliphatic rings. The average molecular weight is 277 g/mol. The zero-order valence-electron chi connectivity index (χ0n) is 10.4. The molecule has 2 atom stereocenters. The van der Waals surface area contributed by atoms with Gasteiger partial charge in [-0.2, -0.15) is 9.36 Å². The molecule has 0 radical (unpaired) electrons. The molecule has 0 spiro atoms. The Morgan fingerprint density at radius 3 is 2.83 bits per heavy atom. The summed E-state index contributed by atoms with van der Waals surface area (Å²) in [6.07, 6.45) is 0.109. The van der Waals surface area contributed by atoms with Gasteiger partial charge in [-0.1, -0.05) is 13.8 Å². The van der Waals surface area contributed by atoms with Gasteiger partial charge in [0.15, 0.2) is 0 Å². The van der Waals surface area contributed by atoms with Crippen molar-refractivity contribution >= 4 is 11.5 Å². The van der Waals surface area contributed by atoms with Crippen LogP contribution in [0.3, 0.4) is 0 Å². The average Bonchev–Trinajstić information content (AvgIpc) is 2.73. The van der Waals surface area contributed by atoms with E-state index in [-0.39, 0.29) is 12.3 Å². The minimum atomic E-state index is -2.85. The fraction of sp³-hybridized carbons (Fsp3) is 0.818. The van der Waals surface area contributed by atoms with Gasteiger partial charge in [0.25, 0.3) is 11.1 Å². The molecule has 7 heteroatoms. The predicted molar refractivity (Wildman–Crippen MR) is 65.2 cm³/mol. The van der Waals surface area contributed by atoms with Crippen molar-refractivity contribution in [3.05, 3.63) is 5.82 Å². The highest BCUT2D eigenvalue weighted by Gasteiger charge is 2.46. The number of hydrogen-bond acceptors (Lipinski definition) is 5. The maximum atomic E-state index is 13.4. The second-order valence-electron chi connectivity index (χ2n) is 4.91. The van der Waals surface area contributed by atoms with Crippen molar-refractivity contribution in [1.29, 1.82) is 0 Å². The molecular formula is C11H17F2N3OS. The second kappa shape index (κ2) is 5.05. The number of halogens is 2. The quantitative estimate of drug-likeness (QED) is 0.922. The Kier molecular flexibility index (Phi) is 3.82. The number of nitrogens with zero attached hydrogens (tertiary/aromatic N) is 2. The number of ether oxygens (including phenoxy) is 1. The highest BCUT2D eigenvalue weighted by Crippen LogP contribution is 2.34. The smallest absolute Gasteiger partial charge is 0.293 e. The molecule has 1 aromatic heterocycles. The van der Waals surface area contributed by atoms with Gasteiger partial charge in [-0.05, 0) is 12.8 Å². The molecule has 0 unspecified atom stereocenters. The molecule has 0 bridgehead atoms. The van der Waals surface area contributed by atoms with E-state index in [2.05, 4.69) is 9.36 Å². The second-order valence-corrected chi connectivity index (χ2v) is 5.62. The first-order valence-corrected chi connectivity index (χ1v) is 6.81. The lowest BCUT2D eigenvalue weighted by atomic mass is 9.89. The third kappa shape index (κ3) is 2.77. The van der Waals surface area contributed by atoms with Gasteiger partial charge in [-0.15, -0.1) is 0 Å². The summed E-state index contributed by atoms with van der Waals surface area (Å²) in [5.41, 5.74) is 5.55. The van der Waals surface area contributed by atoms with Crippen LogP contribution in [0.1, 0.15) is 44.9 Å². The third-order valence-electron chi connectivity index (χ3n) is 3.08. The van der Waals surface area contributed by atoms with E-state index >= 15 is 0 Å². The van der Waals surface area contributed by atoms with Crippen molar-refractivity contribution in [3.8, 4) is 5.19 Å². The topological polar surface area (TPSA) is 61.0 Å². The Morgan fingerprint density at radius 2 is 2.22 bits per heavy atom. The van der Waals surface area contributed by atoms with Crippen LogP contribution in [0, 0.1) is 0 Å². The van der Waals surface area contributed by atoms with Crippen LogP contribution in [0.4, 0.5) is 8.78 Å². The summed E-state index contributed by atoms with van der Waals surface area (Å²) in [4.78, 5) is 4.17. The fourth-order valence-electron chi connectivity index (χ4n) is 1.92. The van der Waals surface area contributed by atoms with Crippen LogP contribution in [0.15, 0.2) is 0 Å². The molecule has 18 heavy (non-hydrogen) atoms. The summed E-state index contributed by atoms with van der Waals surface area (Å²) < 4.78 is 36.5. The molecule has 0 aromatic carbocycles. The van der Waals surface area contributed by atoms with Gasteiger partial charge in [-0.3, -0.25) is 0 Å². The third-order valence-corrected chi connectivity index (χ3v) is 3.70. The van der Waals surface area contributed by atoms with Crippen LogP contribution in [-0.4, -0.2) is 27.4 Å². The Bertz CT molecular complexity index is 411. The van der Waals surface area contributed by atoms with E-state index in [9.17, 15) is 8.78 Å². The molecule has 1 heterocycles. The Hall–Kier alpha value is -0.820. The minimum absolute atomic E-state index is 0.165. The van der Waals surface area contributed by atoms with Crippen molar-refractivity contribution in [2.24, 2.45) is 5.73 Å². The summed E-state index contributed by atoms with van der Waals surface area (Å²) in [6, 6.07) is -1.27. The minimum Gasteiger partial charge on any atom is -0.464 e. The predicted octanol–water partition coefficient (Wildman–Crippen LogP) is 2.56. The van der Waals surface area contributed by atoms with Crippen LogP contribution >= 0.6 is 11.5 Å². The molecule has 2 N–H and O–H groups in total. The van der Waals surface area contributed by atoms with Gasteiger partial charge in [-0.25, -0.2) is 8.78 Å². The molecule has 1 aliphatic carbocycles. The van der Waals surface area contributed by atoms with Crippen molar-refractivity contribution < 1.29 is 13.5 Å². The first kappa shape index (κ1) is 13.6. The zero-order chi connectivity index (χ0) is 13.3. The molecule has 0 saturated heterocycles. The highest BCUT2D eigenvalue weighted by atomic mass is 32.1. The molecule has 4 nitrogen and oxygen atoms in total. The van der Waals surface area contributed by atoms with Gasteiger partial charge < -0.3 is 10.5 Å². The number of alkyl halides is 2. The van der Waals surface area contributed by atoms with Gasteiger partial charge in [0, 0.05) is 23.9 Å². The standard InChI is InChI=1S/C11H17F2N3OS/c1-6(2)9-15-10(18-16-9)17-7-4-3-5-11(12,13)8(7)14/h6-8H,3-5,14H2,1-2H3/t7-,8+/m0/s1. The summed E-state index contributed by atoms with van der Waals surface area (Å²) in [7, 11) is 0. The zero-order valence-corrected chi connectivity index (χ0v) is 11.2. The first-order chi connectivity index (χ1) is 8.40. The van der Waals surface area contributed by atoms with E-state index in [1.807, 2.05) is 13.8 Å². The SMILES string of the molecule is CC(C)c1nsc(O[C@H]2CCCC(F)(F)[C@@H]2N)n1. The number of hydrogen-bond donors (Lipinski definition) is 1. The summed E-state index contributed by atoms with van der Waals surface area (Å²) in [5.74, 6) is -1.99. The Balaban J connectivity index is 2.04. The molecule has 1 fully saturated rings. The van der Waals surface area contributed by atoms with E-state index in [0.29, 0.717) is 23.9 Å². The monoisotopic (exact) mass is 277 g/mol. The highest BCUT2D eigenvalue weighted by molar-refractivity contribution is 7.07. The first-order valence-electron chi connectivity index (χ1n) is 6.04. The number of rotatable bonds is 3. The maximum absolute atomic E-state index is 13.4. The van der Waals surface area contributed by atoms with Crippen molar-refractivity contribution in [2.75, 3.05) is 0 Å². The fourth-order valence-corrected chi connectivity index (χ4v) is 2.65. The van der Waals surface area contributed by atoms with E-state index in [1.165, 1.54) is 0 Å². The van der Waals surface area contributed by atoms with Crippen molar-refractivity contribution in [1.82, 2.24) is 9.36 Å². The number of aromatic nitrogens is 2. The van der Waals surface area contributed by atoms with Gasteiger partial charge in [0.1, 0.15) is 18.0 Å². The van der Waals surface area contributed by atoms with Crippen molar-refractivity contribution in [2.45, 2.75) is 57.1 Å². The normalized spacial score (nSPS) is 27.4. The summed E-state index contributed by atoms with van der Waals surface area (Å²) >= 11 is 1.09. The van der Waals surface area contributed by atoms with Crippen molar-refractivity contribution in [3.63, 3.8) is 0 Å². The largest absolute Gasteiger partial charge is 0.464 e. The van der Waals surface area contributed by atoms with E-state index in [0.717, 1.165) is 11.5 Å². The Morgan fingerprint density at radius 1 is 1.50 bits per heavy atom. The van der Waals surface area contributed by atoms with Gasteiger partial charge in [0.05, 0.1) is 0 Å². The lowest BCUT2D eigenvalue weighted by Crippen LogP contribution is -2.54. The molecule has 1 saturated carbocycles. The maximum Gasteiger partial charge on any atom is 0.293 e. The molecular weight excluding hydrogens is 260 g/mol. The van der Waals surface area contributed by atoms with Gasteiger partial charge >= 0.3 is 0 Å². The molecule has 0 aliphatic heterocycles. The molecule has 2 rings (SSSR count). The van der Waals surface area contributed by atoms with E-state index in [1.54, 1.807) is 0 Å². The molecule has 102 valence electrons. The van der Waals surface area contributed by atoms with E-state index < -0.39 is 18.1 Å². The summed E-state index contributed by atoms with van der Waals surface area (Å²) in [5, 5.41) is 0.330. The van der Waals surface area contributed by atoms with Crippen LogP contribution < -0.4 is 10.5 Å². The molecule has 0 amide bonds. The number of nitrogens with two attached hydrogens (primary N) is 1. The van der Waals surface area contributed by atoms with E-state index in [4.69, 9.17) is 10.5 Å². The Labute approximate surface area is 109 Å². The van der Waals surface area contributed by atoms with Crippen LogP contribution in [-0.2, 0) is 0 Å². The van der Waals surface area contributed by atoms with Gasteiger partial charge in [0.2, 0.25) is 0 Å². The van der Waals surface area contributed by atoms with Crippen LogP contribution in [0.2, 0.25) is 0 Å². The lowest BCUT2D eigenvalue weighted by Gasteiger charge is -2.34. The van der Waals surface area contributed by atoms with Crippen LogP contribution in [0.25, 0.3) is 0 Å². The van der Waals surface area contributed by atoms with Crippen LogP contribution in [0.5, 0.6) is 5.19 Å². The summed E-state index contributed by atoms with van der Waals surface area (Å²) in [6.45, 7) is 3.93. The molecule has 1 aromatic rings. The lowest BCUT2D eigenvalue weighted by molar-refractivity contribution is -0.0890.